The summed E-state index contributed by atoms with van der Waals surface area (Å²) in [6.45, 7) is 1.17. The number of rotatable bonds is 10. The van der Waals surface area contributed by atoms with E-state index in [2.05, 4.69) is 10.6 Å². The number of hydrogen-bond donors (Lipinski definition) is 2. The summed E-state index contributed by atoms with van der Waals surface area (Å²) in [5, 5.41) is 5.41. The summed E-state index contributed by atoms with van der Waals surface area (Å²) in [4.78, 5) is 23.5. The van der Waals surface area contributed by atoms with Gasteiger partial charge in [0.15, 0.2) is 0 Å². The molecule has 0 fully saturated rings. The second kappa shape index (κ2) is 10.8. The van der Waals surface area contributed by atoms with Crippen LogP contribution in [-0.2, 0) is 16.0 Å². The van der Waals surface area contributed by atoms with E-state index in [1.807, 2.05) is 30.3 Å². The van der Waals surface area contributed by atoms with Crippen LogP contribution in [0, 0.1) is 0 Å². The van der Waals surface area contributed by atoms with E-state index in [0.29, 0.717) is 25.4 Å². The Morgan fingerprint density at radius 1 is 0.846 bits per heavy atom. The summed E-state index contributed by atoms with van der Waals surface area (Å²) in [5.74, 6) is 0.845. The van der Waals surface area contributed by atoms with E-state index in [9.17, 15) is 9.59 Å². The number of methoxy groups -OCH3 is 1. The molecule has 0 atom stereocenters. The highest BCUT2D eigenvalue weighted by atomic mass is 16.5. The summed E-state index contributed by atoms with van der Waals surface area (Å²) in [5.41, 5.74) is 1.15. The molecule has 2 aromatic rings. The van der Waals surface area contributed by atoms with Gasteiger partial charge in [-0.25, -0.2) is 0 Å². The van der Waals surface area contributed by atoms with Crippen molar-refractivity contribution in [2.45, 2.75) is 12.8 Å². The first-order valence-corrected chi connectivity index (χ1v) is 8.51. The van der Waals surface area contributed by atoms with Crippen LogP contribution in [0.2, 0.25) is 0 Å². The molecule has 2 aromatic carbocycles. The summed E-state index contributed by atoms with van der Waals surface area (Å²) in [6, 6.07) is 17.1. The zero-order valence-electron chi connectivity index (χ0n) is 14.9. The lowest BCUT2D eigenvalue weighted by atomic mass is 10.1. The Labute approximate surface area is 153 Å². The summed E-state index contributed by atoms with van der Waals surface area (Å²) in [7, 11) is 1.60. The Hall–Kier alpha value is -3.02. The minimum Gasteiger partial charge on any atom is -0.497 e. The van der Waals surface area contributed by atoms with Crippen LogP contribution in [0.1, 0.15) is 12.0 Å². The molecule has 0 heterocycles. The van der Waals surface area contributed by atoms with Crippen LogP contribution in [0.4, 0.5) is 0 Å². The van der Waals surface area contributed by atoms with Gasteiger partial charge in [0, 0.05) is 6.54 Å². The molecule has 26 heavy (non-hydrogen) atoms. The monoisotopic (exact) mass is 356 g/mol. The maximum absolute atomic E-state index is 11.7. The van der Waals surface area contributed by atoms with E-state index < -0.39 is 0 Å². The molecule has 2 N–H and O–H groups in total. The van der Waals surface area contributed by atoms with Crippen molar-refractivity contribution in [3.05, 3.63) is 60.2 Å². The maximum atomic E-state index is 11.7. The fourth-order valence-corrected chi connectivity index (χ4v) is 2.29. The molecule has 0 radical (unpaired) electrons. The lowest BCUT2D eigenvalue weighted by Gasteiger charge is -2.09. The first kappa shape index (κ1) is 19.3. The van der Waals surface area contributed by atoms with Crippen molar-refractivity contribution in [2.75, 3.05) is 26.8 Å². The third-order valence-electron chi connectivity index (χ3n) is 3.65. The van der Waals surface area contributed by atoms with Crippen LogP contribution < -0.4 is 20.1 Å². The average molecular weight is 356 g/mol. The highest BCUT2D eigenvalue weighted by Crippen LogP contribution is 2.16. The molecule has 0 saturated carbocycles. The van der Waals surface area contributed by atoms with Crippen molar-refractivity contribution in [1.29, 1.82) is 0 Å². The van der Waals surface area contributed by atoms with Gasteiger partial charge < -0.3 is 20.1 Å². The van der Waals surface area contributed by atoms with Crippen molar-refractivity contribution in [2.24, 2.45) is 0 Å². The summed E-state index contributed by atoms with van der Waals surface area (Å²) in [6.07, 6.45) is 0.557. The van der Waals surface area contributed by atoms with Gasteiger partial charge in [-0.2, -0.15) is 0 Å². The highest BCUT2D eigenvalue weighted by molar-refractivity contribution is 5.96. The molecule has 0 aliphatic rings. The fourth-order valence-electron chi connectivity index (χ4n) is 2.29. The molecule has 0 spiro atoms. The van der Waals surface area contributed by atoms with E-state index in [-0.39, 0.29) is 18.2 Å². The summed E-state index contributed by atoms with van der Waals surface area (Å²) >= 11 is 0. The van der Waals surface area contributed by atoms with Crippen LogP contribution >= 0.6 is 0 Å². The van der Waals surface area contributed by atoms with Gasteiger partial charge in [0.25, 0.3) is 0 Å². The van der Waals surface area contributed by atoms with E-state index in [4.69, 9.17) is 9.47 Å². The van der Waals surface area contributed by atoms with Gasteiger partial charge in [-0.1, -0.05) is 30.3 Å². The zero-order valence-corrected chi connectivity index (χ0v) is 14.9. The molecule has 0 aliphatic carbocycles. The largest absolute Gasteiger partial charge is 0.497 e. The zero-order chi connectivity index (χ0) is 18.6. The summed E-state index contributed by atoms with van der Waals surface area (Å²) < 4.78 is 10.6. The number of amides is 2. The molecule has 0 unspecified atom stereocenters. The second-order valence-electron chi connectivity index (χ2n) is 5.64. The third-order valence-corrected chi connectivity index (χ3v) is 3.65. The van der Waals surface area contributed by atoms with Gasteiger partial charge in [-0.15, -0.1) is 0 Å². The van der Waals surface area contributed by atoms with Gasteiger partial charge in [0.1, 0.15) is 24.5 Å². The number of carbonyl (C=O) groups is 2. The molecule has 0 aromatic heterocycles. The molecule has 6 heteroatoms. The first-order chi connectivity index (χ1) is 12.7. The third kappa shape index (κ3) is 7.25. The van der Waals surface area contributed by atoms with Gasteiger partial charge >= 0.3 is 0 Å². The quantitative estimate of drug-likeness (QED) is 0.504. The predicted molar refractivity (Wildman–Crippen MR) is 99.3 cm³/mol. The molecule has 6 nitrogen and oxygen atoms in total. The van der Waals surface area contributed by atoms with E-state index >= 15 is 0 Å². The molecule has 0 bridgehead atoms. The maximum Gasteiger partial charge on any atom is 0.229 e. The fraction of sp³-hybridized carbons (Fsp3) is 0.300. The lowest BCUT2D eigenvalue weighted by Crippen LogP contribution is -2.34. The number of ether oxygens (including phenoxy) is 2. The Bertz CT molecular complexity index is 687. The van der Waals surface area contributed by atoms with Crippen molar-refractivity contribution in [3.8, 4) is 11.5 Å². The van der Waals surface area contributed by atoms with E-state index in [0.717, 1.165) is 17.7 Å². The normalized spacial score (nSPS) is 10.0. The van der Waals surface area contributed by atoms with Gasteiger partial charge in [-0.3, -0.25) is 9.59 Å². The first-order valence-electron chi connectivity index (χ1n) is 8.51. The van der Waals surface area contributed by atoms with Crippen molar-refractivity contribution >= 4 is 11.8 Å². The SMILES string of the molecule is COc1ccc(OCCNC(=O)CC(=O)NCCc2ccccc2)cc1. The smallest absolute Gasteiger partial charge is 0.229 e. The van der Waals surface area contributed by atoms with Crippen LogP contribution in [0.15, 0.2) is 54.6 Å². The lowest BCUT2D eigenvalue weighted by molar-refractivity contribution is -0.129. The molecule has 0 aliphatic heterocycles. The van der Waals surface area contributed by atoms with Crippen LogP contribution in [0.25, 0.3) is 0 Å². The Kier molecular flexibility index (Phi) is 7.99. The molecule has 138 valence electrons. The van der Waals surface area contributed by atoms with E-state index in [1.165, 1.54) is 0 Å². The van der Waals surface area contributed by atoms with Crippen LogP contribution in [-0.4, -0.2) is 38.6 Å². The van der Waals surface area contributed by atoms with Crippen LogP contribution in [0.5, 0.6) is 11.5 Å². The second-order valence-corrected chi connectivity index (χ2v) is 5.64. The van der Waals surface area contributed by atoms with E-state index in [1.54, 1.807) is 31.4 Å². The number of nitrogens with one attached hydrogen (secondary N) is 2. The topological polar surface area (TPSA) is 76.7 Å². The van der Waals surface area contributed by atoms with Crippen molar-refractivity contribution < 1.29 is 19.1 Å². The van der Waals surface area contributed by atoms with Gasteiger partial charge in [0.2, 0.25) is 11.8 Å². The Morgan fingerprint density at radius 3 is 2.12 bits per heavy atom. The van der Waals surface area contributed by atoms with Gasteiger partial charge in [0.05, 0.1) is 13.7 Å². The molecular formula is C20H24N2O4. The molecular weight excluding hydrogens is 332 g/mol. The predicted octanol–water partition coefficient (Wildman–Crippen LogP) is 1.94. The average Bonchev–Trinajstić information content (AvgIpc) is 2.66. The highest BCUT2D eigenvalue weighted by Gasteiger charge is 2.08. The molecule has 0 saturated heterocycles. The minimum absolute atomic E-state index is 0.183. The van der Waals surface area contributed by atoms with Crippen molar-refractivity contribution in [3.63, 3.8) is 0 Å². The molecule has 2 amide bonds. The van der Waals surface area contributed by atoms with Crippen molar-refractivity contribution in [1.82, 2.24) is 10.6 Å². The number of hydrogen-bond acceptors (Lipinski definition) is 4. The minimum atomic E-state index is -0.319. The number of benzene rings is 2. The van der Waals surface area contributed by atoms with Crippen LogP contribution in [0.3, 0.4) is 0 Å². The Morgan fingerprint density at radius 2 is 1.46 bits per heavy atom. The Balaban J connectivity index is 1.55. The number of carbonyl (C=O) groups excluding carboxylic acids is 2. The standard InChI is InChI=1S/C20H24N2O4/c1-25-17-7-9-18(10-8-17)26-14-13-22-20(24)15-19(23)21-12-11-16-5-3-2-4-6-16/h2-10H,11-15H2,1H3,(H,21,23)(H,22,24). The van der Waals surface area contributed by atoms with Gasteiger partial charge in [-0.05, 0) is 36.2 Å². The molecule has 2 rings (SSSR count).